The third kappa shape index (κ3) is 4.15. The van der Waals surface area contributed by atoms with Crippen LogP contribution in [-0.4, -0.2) is 25.1 Å². The Morgan fingerprint density at radius 3 is 2.52 bits per heavy atom. The van der Waals surface area contributed by atoms with Gasteiger partial charge in [-0.05, 0) is 40.6 Å². The van der Waals surface area contributed by atoms with Gasteiger partial charge in [-0.2, -0.15) is 0 Å². The van der Waals surface area contributed by atoms with E-state index in [0.29, 0.717) is 27.9 Å². The Bertz CT molecular complexity index is 1380. The molecule has 7 heteroatoms. The molecule has 0 saturated carbocycles. The normalized spacial score (nSPS) is 11.1. The van der Waals surface area contributed by atoms with Gasteiger partial charge >= 0.3 is 0 Å². The number of aromatic nitrogens is 1. The summed E-state index contributed by atoms with van der Waals surface area (Å²) in [5.74, 6) is 1.93. The van der Waals surface area contributed by atoms with Gasteiger partial charge in [0.05, 0.1) is 33.4 Å². The van der Waals surface area contributed by atoms with E-state index >= 15 is 0 Å². The standard InChI is InChI=1S/C26H22N2O4S/c1-30-21-11-12-22(31-2)25-24(21)27-26(33-25)28(16-20-8-5-13-32-20)23(29)15-17-9-10-18-6-3-4-7-19(18)14-17/h3-14H,15-16H2,1-2H3. The van der Waals surface area contributed by atoms with Gasteiger partial charge in [-0.15, -0.1) is 0 Å². The summed E-state index contributed by atoms with van der Waals surface area (Å²) >= 11 is 1.40. The Hall–Kier alpha value is -3.84. The highest BCUT2D eigenvalue weighted by Gasteiger charge is 2.24. The molecule has 0 N–H and O–H groups in total. The van der Waals surface area contributed by atoms with Crippen molar-refractivity contribution in [2.75, 3.05) is 19.1 Å². The number of rotatable bonds is 7. The number of carbonyl (C=O) groups excluding carboxylic acids is 1. The largest absolute Gasteiger partial charge is 0.495 e. The van der Waals surface area contributed by atoms with E-state index in [4.69, 9.17) is 18.9 Å². The molecule has 0 bridgehead atoms. The van der Waals surface area contributed by atoms with E-state index in [0.717, 1.165) is 21.0 Å². The minimum atomic E-state index is -0.0707. The van der Waals surface area contributed by atoms with Crippen LogP contribution < -0.4 is 14.4 Å². The van der Waals surface area contributed by atoms with Crippen molar-refractivity contribution in [1.82, 2.24) is 4.98 Å². The Kier molecular flexibility index (Phi) is 5.71. The molecule has 2 aromatic heterocycles. The van der Waals surface area contributed by atoms with Crippen LogP contribution in [0.25, 0.3) is 21.0 Å². The van der Waals surface area contributed by atoms with Crippen LogP contribution in [0, 0.1) is 0 Å². The zero-order valence-corrected chi connectivity index (χ0v) is 19.1. The van der Waals surface area contributed by atoms with Crippen LogP contribution in [0.15, 0.2) is 77.4 Å². The van der Waals surface area contributed by atoms with Crippen molar-refractivity contribution in [3.63, 3.8) is 0 Å². The zero-order valence-electron chi connectivity index (χ0n) is 18.3. The van der Waals surface area contributed by atoms with Gasteiger partial charge in [-0.1, -0.05) is 53.8 Å². The van der Waals surface area contributed by atoms with Gasteiger partial charge in [0.1, 0.15) is 27.5 Å². The average Bonchev–Trinajstić information content (AvgIpc) is 3.52. The Morgan fingerprint density at radius 2 is 1.76 bits per heavy atom. The molecule has 166 valence electrons. The lowest BCUT2D eigenvalue weighted by Crippen LogP contribution is -2.31. The molecular weight excluding hydrogens is 436 g/mol. The summed E-state index contributed by atoms with van der Waals surface area (Å²) < 4.78 is 17.4. The summed E-state index contributed by atoms with van der Waals surface area (Å²) in [5.41, 5.74) is 1.61. The number of fused-ring (bicyclic) bond motifs is 2. The van der Waals surface area contributed by atoms with Crippen molar-refractivity contribution >= 4 is 43.4 Å². The Labute approximate surface area is 195 Å². The first-order valence-corrected chi connectivity index (χ1v) is 11.3. The zero-order chi connectivity index (χ0) is 22.8. The molecule has 6 nitrogen and oxygen atoms in total. The van der Waals surface area contributed by atoms with Gasteiger partial charge in [0.25, 0.3) is 0 Å². The average molecular weight is 459 g/mol. The maximum absolute atomic E-state index is 13.5. The Morgan fingerprint density at radius 1 is 0.970 bits per heavy atom. The molecule has 0 aliphatic rings. The van der Waals surface area contributed by atoms with E-state index in [2.05, 4.69) is 18.2 Å². The number of carbonyl (C=O) groups is 1. The number of anilines is 1. The van der Waals surface area contributed by atoms with Gasteiger partial charge in [-0.25, -0.2) is 4.98 Å². The second kappa shape index (κ2) is 8.96. The summed E-state index contributed by atoms with van der Waals surface area (Å²) in [6.45, 7) is 0.282. The van der Waals surface area contributed by atoms with Gasteiger partial charge in [-0.3, -0.25) is 9.69 Å². The van der Waals surface area contributed by atoms with Crippen molar-refractivity contribution in [2.24, 2.45) is 0 Å². The van der Waals surface area contributed by atoms with Crippen LogP contribution in [0.1, 0.15) is 11.3 Å². The minimum absolute atomic E-state index is 0.0707. The number of amides is 1. The fourth-order valence-corrected chi connectivity index (χ4v) is 4.92. The summed E-state index contributed by atoms with van der Waals surface area (Å²) in [6.07, 6.45) is 1.85. The molecule has 0 atom stereocenters. The highest BCUT2D eigenvalue weighted by atomic mass is 32.1. The highest BCUT2D eigenvalue weighted by molar-refractivity contribution is 7.22. The van der Waals surface area contributed by atoms with Crippen LogP contribution >= 0.6 is 11.3 Å². The Balaban J connectivity index is 1.53. The van der Waals surface area contributed by atoms with Crippen LogP contribution in [-0.2, 0) is 17.8 Å². The fourth-order valence-electron chi connectivity index (χ4n) is 3.83. The first-order valence-electron chi connectivity index (χ1n) is 10.5. The second-order valence-electron chi connectivity index (χ2n) is 7.56. The van der Waals surface area contributed by atoms with E-state index in [1.807, 2.05) is 48.5 Å². The summed E-state index contributed by atoms with van der Waals surface area (Å²) in [7, 11) is 3.22. The lowest BCUT2D eigenvalue weighted by atomic mass is 10.0. The molecule has 2 heterocycles. The molecule has 5 aromatic rings. The maximum atomic E-state index is 13.5. The molecule has 0 aliphatic heterocycles. The van der Waals surface area contributed by atoms with E-state index in [9.17, 15) is 4.79 Å². The van der Waals surface area contributed by atoms with Gasteiger partial charge in [0.2, 0.25) is 5.91 Å². The predicted octanol–water partition coefficient (Wildman–Crippen LogP) is 5.84. The van der Waals surface area contributed by atoms with E-state index in [-0.39, 0.29) is 18.9 Å². The number of methoxy groups -OCH3 is 2. The van der Waals surface area contributed by atoms with Gasteiger partial charge in [0, 0.05) is 0 Å². The molecule has 5 rings (SSSR count). The highest BCUT2D eigenvalue weighted by Crippen LogP contribution is 2.40. The SMILES string of the molecule is COc1ccc(OC)c2sc(N(Cc3ccco3)C(=O)Cc3ccc4ccccc4c3)nc12. The van der Waals surface area contributed by atoms with Crippen molar-refractivity contribution in [3.8, 4) is 11.5 Å². The van der Waals surface area contributed by atoms with Crippen LogP contribution in [0.3, 0.4) is 0 Å². The molecule has 1 amide bonds. The summed E-state index contributed by atoms with van der Waals surface area (Å²) in [6, 6.07) is 21.5. The van der Waals surface area contributed by atoms with E-state index in [1.165, 1.54) is 11.3 Å². The number of ether oxygens (including phenoxy) is 2. The molecular formula is C26H22N2O4S. The lowest BCUT2D eigenvalue weighted by Gasteiger charge is -2.19. The third-order valence-electron chi connectivity index (χ3n) is 5.49. The third-order valence-corrected chi connectivity index (χ3v) is 6.59. The van der Waals surface area contributed by atoms with Gasteiger partial charge < -0.3 is 13.9 Å². The molecule has 0 aliphatic carbocycles. The molecule has 3 aromatic carbocycles. The first kappa shape index (κ1) is 21.0. The van der Waals surface area contributed by atoms with Crippen molar-refractivity contribution in [3.05, 3.63) is 84.3 Å². The molecule has 0 radical (unpaired) electrons. The van der Waals surface area contributed by atoms with E-state index in [1.54, 1.807) is 25.4 Å². The second-order valence-corrected chi connectivity index (χ2v) is 8.54. The number of hydrogen-bond donors (Lipinski definition) is 0. The summed E-state index contributed by atoms with van der Waals surface area (Å²) in [4.78, 5) is 20.0. The molecule has 0 fully saturated rings. The molecule has 33 heavy (non-hydrogen) atoms. The van der Waals surface area contributed by atoms with Gasteiger partial charge in [0.15, 0.2) is 5.13 Å². The number of hydrogen-bond acceptors (Lipinski definition) is 6. The number of furan rings is 1. The first-order chi connectivity index (χ1) is 16.2. The maximum Gasteiger partial charge on any atom is 0.233 e. The monoisotopic (exact) mass is 458 g/mol. The van der Waals surface area contributed by atoms with Crippen LogP contribution in [0.4, 0.5) is 5.13 Å². The number of thiazole rings is 1. The molecule has 0 saturated heterocycles. The lowest BCUT2D eigenvalue weighted by molar-refractivity contribution is -0.118. The summed E-state index contributed by atoms with van der Waals surface area (Å²) in [5, 5.41) is 2.82. The quantitative estimate of drug-likeness (QED) is 0.307. The minimum Gasteiger partial charge on any atom is -0.495 e. The number of nitrogens with zero attached hydrogens (tertiary/aromatic N) is 2. The van der Waals surface area contributed by atoms with Crippen LogP contribution in [0.5, 0.6) is 11.5 Å². The molecule has 0 unspecified atom stereocenters. The van der Waals surface area contributed by atoms with Crippen molar-refractivity contribution in [1.29, 1.82) is 0 Å². The predicted molar refractivity (Wildman–Crippen MR) is 130 cm³/mol. The van der Waals surface area contributed by atoms with E-state index < -0.39 is 0 Å². The van der Waals surface area contributed by atoms with Crippen LogP contribution in [0.2, 0.25) is 0 Å². The fraction of sp³-hybridized carbons (Fsp3) is 0.154. The smallest absolute Gasteiger partial charge is 0.233 e. The number of benzene rings is 3. The van der Waals surface area contributed by atoms with Crippen molar-refractivity contribution in [2.45, 2.75) is 13.0 Å². The molecule has 0 spiro atoms. The van der Waals surface area contributed by atoms with Crippen molar-refractivity contribution < 1.29 is 18.7 Å². The topological polar surface area (TPSA) is 64.8 Å².